The molecule has 1 atom stereocenters. The predicted octanol–water partition coefficient (Wildman–Crippen LogP) is 2.73. The normalized spacial score (nSPS) is 16.5. The van der Waals surface area contributed by atoms with E-state index >= 15 is 0 Å². The minimum Gasteiger partial charge on any atom is -0.338 e. The first-order chi connectivity index (χ1) is 14.5. The van der Waals surface area contributed by atoms with Gasteiger partial charge in [-0.25, -0.2) is 4.98 Å². The molecule has 2 aromatic heterocycles. The molecule has 1 fully saturated rings. The van der Waals surface area contributed by atoms with Gasteiger partial charge in [-0.2, -0.15) is 0 Å². The molecule has 3 heterocycles. The van der Waals surface area contributed by atoms with Gasteiger partial charge in [0.2, 0.25) is 5.91 Å². The number of anilines is 1. The fourth-order valence-corrected chi connectivity index (χ4v) is 3.97. The van der Waals surface area contributed by atoms with Gasteiger partial charge < -0.3 is 14.8 Å². The number of pyridine rings is 2. The Hall–Kier alpha value is -3.48. The van der Waals surface area contributed by atoms with E-state index in [1.165, 1.54) is 10.6 Å². The van der Waals surface area contributed by atoms with E-state index < -0.39 is 0 Å². The van der Waals surface area contributed by atoms with E-state index in [2.05, 4.69) is 10.3 Å². The van der Waals surface area contributed by atoms with Crippen molar-refractivity contribution in [1.82, 2.24) is 14.5 Å². The first kappa shape index (κ1) is 19.8. The molecule has 1 aliphatic rings. The number of nitrogens with one attached hydrogen (secondary N) is 1. The number of piperidine rings is 1. The van der Waals surface area contributed by atoms with Gasteiger partial charge in [-0.15, -0.1) is 0 Å². The van der Waals surface area contributed by atoms with Crippen LogP contribution in [0, 0.1) is 12.8 Å². The van der Waals surface area contributed by atoms with Crippen molar-refractivity contribution in [3.05, 3.63) is 70.1 Å². The van der Waals surface area contributed by atoms with Crippen molar-refractivity contribution < 1.29 is 9.59 Å². The number of carbonyl (C=O) groups is 2. The molecule has 30 heavy (non-hydrogen) atoms. The summed E-state index contributed by atoms with van der Waals surface area (Å²) >= 11 is 0. The van der Waals surface area contributed by atoms with E-state index in [1.807, 2.05) is 43.3 Å². The van der Waals surface area contributed by atoms with Crippen molar-refractivity contribution in [2.75, 3.05) is 18.4 Å². The SMILES string of the molecule is Cc1cccnc1NC(=O)C1CCCN(C(=O)c2cc(=O)n(C)c3ccccc23)C1. The number of fused-ring (bicyclic) bond motifs is 1. The van der Waals surface area contributed by atoms with Crippen molar-refractivity contribution in [2.24, 2.45) is 13.0 Å². The highest BCUT2D eigenvalue weighted by atomic mass is 16.2. The summed E-state index contributed by atoms with van der Waals surface area (Å²) in [5, 5.41) is 3.62. The lowest BCUT2D eigenvalue weighted by atomic mass is 9.96. The number of hydrogen-bond acceptors (Lipinski definition) is 4. The highest BCUT2D eigenvalue weighted by molar-refractivity contribution is 6.06. The Kier molecular flexibility index (Phi) is 5.35. The third-order valence-corrected chi connectivity index (χ3v) is 5.71. The molecule has 4 rings (SSSR count). The molecular weight excluding hydrogens is 380 g/mol. The summed E-state index contributed by atoms with van der Waals surface area (Å²) in [6.45, 7) is 2.77. The Morgan fingerprint density at radius 3 is 2.77 bits per heavy atom. The first-order valence-corrected chi connectivity index (χ1v) is 10.1. The lowest BCUT2D eigenvalue weighted by molar-refractivity contribution is -0.121. The Bertz CT molecular complexity index is 1180. The van der Waals surface area contributed by atoms with E-state index in [-0.39, 0.29) is 23.3 Å². The third-order valence-electron chi connectivity index (χ3n) is 5.71. The van der Waals surface area contributed by atoms with Crippen LogP contribution in [0.3, 0.4) is 0 Å². The van der Waals surface area contributed by atoms with Crippen molar-refractivity contribution in [1.29, 1.82) is 0 Å². The quantitative estimate of drug-likeness (QED) is 0.728. The van der Waals surface area contributed by atoms with Crippen LogP contribution in [0.1, 0.15) is 28.8 Å². The van der Waals surface area contributed by atoms with Crippen LogP contribution in [-0.2, 0) is 11.8 Å². The molecule has 0 bridgehead atoms. The van der Waals surface area contributed by atoms with Gasteiger partial charge in [0.05, 0.1) is 17.0 Å². The number of nitrogens with zero attached hydrogens (tertiary/aromatic N) is 3. The van der Waals surface area contributed by atoms with Crippen LogP contribution >= 0.6 is 0 Å². The molecule has 3 aromatic rings. The summed E-state index contributed by atoms with van der Waals surface area (Å²) in [6, 6.07) is 12.5. The number of likely N-dealkylation sites (tertiary alicyclic amines) is 1. The van der Waals surface area contributed by atoms with Gasteiger partial charge in [0.1, 0.15) is 5.82 Å². The van der Waals surface area contributed by atoms with E-state index in [1.54, 1.807) is 18.1 Å². The average molecular weight is 404 g/mol. The molecule has 0 aliphatic carbocycles. The zero-order valence-electron chi connectivity index (χ0n) is 17.1. The predicted molar refractivity (Wildman–Crippen MR) is 115 cm³/mol. The number of hydrogen-bond donors (Lipinski definition) is 1. The van der Waals surface area contributed by atoms with Gasteiger partial charge in [0.15, 0.2) is 0 Å². The number of aryl methyl sites for hydroxylation is 2. The summed E-state index contributed by atoms with van der Waals surface area (Å²) in [4.78, 5) is 44.4. The topological polar surface area (TPSA) is 84.3 Å². The monoisotopic (exact) mass is 404 g/mol. The van der Waals surface area contributed by atoms with Gasteiger partial charge in [-0.05, 0) is 37.5 Å². The molecule has 7 nitrogen and oxygen atoms in total. The number of aromatic nitrogens is 2. The molecule has 0 spiro atoms. The summed E-state index contributed by atoms with van der Waals surface area (Å²) in [6.07, 6.45) is 3.08. The summed E-state index contributed by atoms with van der Waals surface area (Å²) < 4.78 is 1.54. The van der Waals surface area contributed by atoms with E-state index in [0.717, 1.165) is 17.4 Å². The number of benzene rings is 1. The van der Waals surface area contributed by atoms with Crippen LogP contribution in [0.4, 0.5) is 5.82 Å². The molecule has 0 saturated carbocycles. The van der Waals surface area contributed by atoms with Crippen molar-refractivity contribution in [2.45, 2.75) is 19.8 Å². The molecule has 7 heteroatoms. The minimum absolute atomic E-state index is 0.136. The zero-order chi connectivity index (χ0) is 21.3. The van der Waals surface area contributed by atoms with Crippen LogP contribution in [-0.4, -0.2) is 39.4 Å². The molecule has 1 unspecified atom stereocenters. The highest BCUT2D eigenvalue weighted by Crippen LogP contribution is 2.23. The minimum atomic E-state index is -0.318. The maximum absolute atomic E-state index is 13.3. The van der Waals surface area contributed by atoms with Gasteiger partial charge in [0, 0.05) is 37.8 Å². The maximum Gasteiger partial charge on any atom is 0.254 e. The lowest BCUT2D eigenvalue weighted by Crippen LogP contribution is -2.44. The smallest absolute Gasteiger partial charge is 0.254 e. The largest absolute Gasteiger partial charge is 0.338 e. The van der Waals surface area contributed by atoms with Crippen molar-refractivity contribution in [3.8, 4) is 0 Å². The van der Waals surface area contributed by atoms with Crippen LogP contribution in [0.5, 0.6) is 0 Å². The van der Waals surface area contributed by atoms with Crippen molar-refractivity contribution in [3.63, 3.8) is 0 Å². The molecule has 1 saturated heterocycles. The third kappa shape index (κ3) is 3.70. The molecule has 1 aliphatic heterocycles. The second-order valence-electron chi connectivity index (χ2n) is 7.72. The number of rotatable bonds is 3. The van der Waals surface area contributed by atoms with Gasteiger partial charge in [-0.3, -0.25) is 14.4 Å². The van der Waals surface area contributed by atoms with Crippen LogP contribution < -0.4 is 10.9 Å². The molecule has 2 amide bonds. The highest BCUT2D eigenvalue weighted by Gasteiger charge is 2.30. The molecule has 1 aromatic carbocycles. The van der Waals surface area contributed by atoms with Crippen LogP contribution in [0.2, 0.25) is 0 Å². The Labute approximate surface area is 174 Å². The second-order valence-corrected chi connectivity index (χ2v) is 7.72. The average Bonchev–Trinajstić information content (AvgIpc) is 2.77. The maximum atomic E-state index is 13.3. The second kappa shape index (κ2) is 8.10. The lowest BCUT2D eigenvalue weighted by Gasteiger charge is -2.32. The zero-order valence-corrected chi connectivity index (χ0v) is 17.1. The van der Waals surface area contributed by atoms with Crippen LogP contribution in [0.25, 0.3) is 10.9 Å². The number of para-hydroxylation sites is 1. The number of carbonyl (C=O) groups excluding carboxylic acids is 2. The van der Waals surface area contributed by atoms with Gasteiger partial charge in [-0.1, -0.05) is 24.3 Å². The van der Waals surface area contributed by atoms with E-state index in [4.69, 9.17) is 0 Å². The first-order valence-electron chi connectivity index (χ1n) is 10.1. The summed E-state index contributed by atoms with van der Waals surface area (Å²) in [5.74, 6) is -0.121. The van der Waals surface area contributed by atoms with Gasteiger partial charge >= 0.3 is 0 Å². The Morgan fingerprint density at radius 2 is 1.97 bits per heavy atom. The summed E-state index contributed by atoms with van der Waals surface area (Å²) in [7, 11) is 1.69. The Morgan fingerprint density at radius 1 is 1.17 bits per heavy atom. The molecule has 0 radical (unpaired) electrons. The standard InChI is InChI=1S/C23H24N4O3/c1-15-7-5-11-24-21(15)25-22(29)16-8-6-12-27(14-16)23(30)18-13-20(28)26(2)19-10-4-3-9-17(18)19/h3-5,7,9-11,13,16H,6,8,12,14H2,1-2H3,(H,24,25,29). The van der Waals surface area contributed by atoms with E-state index in [0.29, 0.717) is 36.4 Å². The Balaban J connectivity index is 1.57. The fourth-order valence-electron chi connectivity index (χ4n) is 3.97. The van der Waals surface area contributed by atoms with Crippen molar-refractivity contribution >= 4 is 28.5 Å². The van der Waals surface area contributed by atoms with Gasteiger partial charge in [0.25, 0.3) is 11.5 Å². The van der Waals surface area contributed by atoms with E-state index in [9.17, 15) is 14.4 Å². The van der Waals surface area contributed by atoms with Crippen LogP contribution in [0.15, 0.2) is 53.5 Å². The fraction of sp³-hybridized carbons (Fsp3) is 0.304. The summed E-state index contributed by atoms with van der Waals surface area (Å²) in [5.41, 5.74) is 1.76. The molecular formula is C23H24N4O3. The molecule has 1 N–H and O–H groups in total. The molecule has 154 valence electrons. The number of amides is 2.